The second-order valence-electron chi connectivity index (χ2n) is 5.91. The molecule has 0 aromatic heterocycles. The molecular weight excluding hydrogens is 328 g/mol. The molecule has 0 fully saturated rings. The molecule has 2 rings (SSSR count). The highest BCUT2D eigenvalue weighted by molar-refractivity contribution is 6.10. The maximum absolute atomic E-state index is 12.2. The summed E-state index contributed by atoms with van der Waals surface area (Å²) in [4.78, 5) is 35.6. The largest absolute Gasteiger partial charge is 0.322 e. The van der Waals surface area contributed by atoms with E-state index in [1.807, 2.05) is 31.2 Å². The molecule has 2 amide bonds. The lowest BCUT2D eigenvalue weighted by atomic mass is 10.1. The first kappa shape index (κ1) is 19.1. The highest BCUT2D eigenvalue weighted by atomic mass is 16.2. The lowest BCUT2D eigenvalue weighted by Gasteiger charge is -2.09. The first-order valence-electron chi connectivity index (χ1n) is 8.40. The molecule has 0 saturated heterocycles. The predicted octanol–water partition coefficient (Wildman–Crippen LogP) is 3.98. The van der Waals surface area contributed by atoms with Gasteiger partial charge in [0.1, 0.15) is 0 Å². The number of amides is 2. The lowest BCUT2D eigenvalue weighted by molar-refractivity contribution is -0.114. The number of rotatable bonds is 6. The molecule has 2 aromatic rings. The van der Waals surface area contributed by atoms with Gasteiger partial charge in [0.15, 0.2) is 5.78 Å². The van der Waals surface area contributed by atoms with E-state index in [4.69, 9.17) is 0 Å². The fraction of sp³-hybridized carbons (Fsp3) is 0.190. The van der Waals surface area contributed by atoms with Gasteiger partial charge < -0.3 is 10.6 Å². The Hall–Kier alpha value is -3.21. The molecule has 2 aromatic carbocycles. The van der Waals surface area contributed by atoms with Crippen LogP contribution in [0.4, 0.5) is 11.4 Å². The number of nitrogens with one attached hydrogen (secondary N) is 2. The molecule has 0 saturated carbocycles. The van der Waals surface area contributed by atoms with E-state index in [1.165, 1.54) is 13.0 Å². The number of carbonyl (C=O) groups is 3. The molecule has 2 N–H and O–H groups in total. The summed E-state index contributed by atoms with van der Waals surface area (Å²) < 4.78 is 0. The maximum Gasteiger partial charge on any atom is 0.251 e. The van der Waals surface area contributed by atoms with Crippen LogP contribution >= 0.6 is 0 Å². The van der Waals surface area contributed by atoms with Gasteiger partial charge in [-0.1, -0.05) is 25.1 Å². The second-order valence-corrected chi connectivity index (χ2v) is 5.91. The SMILES string of the molecule is CCc1ccccc1NC(=O)/C=C(/C)C(=O)Nc1ccc(C(C)=O)cc1. The van der Waals surface area contributed by atoms with Gasteiger partial charge in [0, 0.05) is 28.6 Å². The third kappa shape index (κ3) is 5.14. The molecule has 134 valence electrons. The van der Waals surface area contributed by atoms with Crippen LogP contribution in [0.25, 0.3) is 0 Å². The summed E-state index contributed by atoms with van der Waals surface area (Å²) in [6, 6.07) is 14.1. The third-order valence-electron chi connectivity index (χ3n) is 3.91. The van der Waals surface area contributed by atoms with Crippen molar-refractivity contribution in [2.45, 2.75) is 27.2 Å². The van der Waals surface area contributed by atoms with Crippen LogP contribution in [-0.4, -0.2) is 17.6 Å². The molecule has 0 bridgehead atoms. The smallest absolute Gasteiger partial charge is 0.251 e. The van der Waals surface area contributed by atoms with Gasteiger partial charge in [-0.05, 0) is 56.2 Å². The van der Waals surface area contributed by atoms with Crippen LogP contribution in [0.1, 0.15) is 36.7 Å². The summed E-state index contributed by atoms with van der Waals surface area (Å²) in [5.41, 5.74) is 3.19. The molecule has 26 heavy (non-hydrogen) atoms. The minimum Gasteiger partial charge on any atom is -0.322 e. The average Bonchev–Trinajstić information content (AvgIpc) is 2.62. The van der Waals surface area contributed by atoms with Gasteiger partial charge >= 0.3 is 0 Å². The maximum atomic E-state index is 12.2. The zero-order valence-corrected chi connectivity index (χ0v) is 15.1. The molecule has 0 unspecified atom stereocenters. The number of hydrogen-bond acceptors (Lipinski definition) is 3. The summed E-state index contributed by atoms with van der Waals surface area (Å²) in [5.74, 6) is -0.770. The van der Waals surface area contributed by atoms with Crippen LogP contribution in [0.2, 0.25) is 0 Å². The number of hydrogen-bond donors (Lipinski definition) is 2. The Bertz CT molecular complexity index is 852. The Labute approximate surface area is 153 Å². The van der Waals surface area contributed by atoms with Crippen LogP contribution in [-0.2, 0) is 16.0 Å². The molecule has 0 heterocycles. The van der Waals surface area contributed by atoms with Gasteiger partial charge in [-0.25, -0.2) is 0 Å². The minimum atomic E-state index is -0.375. The molecule has 5 nitrogen and oxygen atoms in total. The van der Waals surface area contributed by atoms with Crippen molar-refractivity contribution < 1.29 is 14.4 Å². The summed E-state index contributed by atoms with van der Waals surface area (Å²) in [6.07, 6.45) is 2.07. The first-order valence-corrected chi connectivity index (χ1v) is 8.40. The van der Waals surface area contributed by atoms with Gasteiger partial charge in [0.2, 0.25) is 5.91 Å². The normalized spacial score (nSPS) is 11.0. The van der Waals surface area contributed by atoms with Gasteiger partial charge in [0.25, 0.3) is 5.91 Å². The predicted molar refractivity (Wildman–Crippen MR) is 103 cm³/mol. The number of Topliss-reactive ketones (excluding diaryl/α,β-unsaturated/α-hetero) is 1. The van der Waals surface area contributed by atoms with Crippen LogP contribution in [0.3, 0.4) is 0 Å². The van der Waals surface area contributed by atoms with Crippen molar-refractivity contribution >= 4 is 29.0 Å². The number of para-hydroxylation sites is 1. The topological polar surface area (TPSA) is 75.3 Å². The Morgan fingerprint density at radius 3 is 2.19 bits per heavy atom. The van der Waals surface area contributed by atoms with Crippen molar-refractivity contribution in [3.8, 4) is 0 Å². The van der Waals surface area contributed by atoms with E-state index in [0.717, 1.165) is 17.7 Å². The molecule has 0 aliphatic carbocycles. The highest BCUT2D eigenvalue weighted by Gasteiger charge is 2.09. The van der Waals surface area contributed by atoms with E-state index in [0.29, 0.717) is 11.3 Å². The molecule has 5 heteroatoms. The van der Waals surface area contributed by atoms with Crippen molar-refractivity contribution in [1.82, 2.24) is 0 Å². The summed E-state index contributed by atoms with van der Waals surface area (Å²) in [5, 5.41) is 5.50. The highest BCUT2D eigenvalue weighted by Crippen LogP contribution is 2.16. The summed E-state index contributed by atoms with van der Waals surface area (Å²) in [7, 11) is 0. The summed E-state index contributed by atoms with van der Waals surface area (Å²) >= 11 is 0. The van der Waals surface area contributed by atoms with Gasteiger partial charge in [-0.15, -0.1) is 0 Å². The van der Waals surface area contributed by atoms with Gasteiger partial charge in [-0.3, -0.25) is 14.4 Å². The standard InChI is InChI=1S/C21H22N2O3/c1-4-16-7-5-6-8-19(16)23-20(25)13-14(2)21(26)22-18-11-9-17(10-12-18)15(3)24/h5-13H,4H2,1-3H3,(H,22,26)(H,23,25)/b14-13-. The van der Waals surface area contributed by atoms with E-state index < -0.39 is 0 Å². The van der Waals surface area contributed by atoms with Gasteiger partial charge in [-0.2, -0.15) is 0 Å². The van der Waals surface area contributed by atoms with E-state index in [9.17, 15) is 14.4 Å². The number of anilines is 2. The van der Waals surface area contributed by atoms with Crippen molar-refractivity contribution in [3.05, 3.63) is 71.3 Å². The van der Waals surface area contributed by atoms with Crippen LogP contribution in [0.15, 0.2) is 60.2 Å². The number of ketones is 1. The minimum absolute atomic E-state index is 0.0389. The van der Waals surface area contributed by atoms with Crippen LogP contribution in [0, 0.1) is 0 Å². The quantitative estimate of drug-likeness (QED) is 0.611. The van der Waals surface area contributed by atoms with Crippen LogP contribution < -0.4 is 10.6 Å². The Kier molecular flexibility index (Phi) is 6.44. The lowest BCUT2D eigenvalue weighted by Crippen LogP contribution is -2.16. The van der Waals surface area contributed by atoms with Crippen molar-refractivity contribution in [3.63, 3.8) is 0 Å². The number of carbonyl (C=O) groups excluding carboxylic acids is 3. The van der Waals surface area contributed by atoms with E-state index in [-0.39, 0.29) is 23.2 Å². The monoisotopic (exact) mass is 350 g/mol. The molecule has 0 atom stereocenters. The molecule has 0 aliphatic heterocycles. The van der Waals surface area contributed by atoms with Crippen molar-refractivity contribution in [1.29, 1.82) is 0 Å². The van der Waals surface area contributed by atoms with E-state index in [2.05, 4.69) is 10.6 Å². The summed E-state index contributed by atoms with van der Waals surface area (Å²) in [6.45, 7) is 5.07. The Balaban J connectivity index is 2.02. The van der Waals surface area contributed by atoms with E-state index in [1.54, 1.807) is 31.2 Å². The third-order valence-corrected chi connectivity index (χ3v) is 3.91. The molecule has 0 spiro atoms. The van der Waals surface area contributed by atoms with E-state index >= 15 is 0 Å². The molecular formula is C21H22N2O3. The zero-order chi connectivity index (χ0) is 19.1. The Morgan fingerprint density at radius 2 is 1.58 bits per heavy atom. The Morgan fingerprint density at radius 1 is 0.923 bits per heavy atom. The first-order chi connectivity index (χ1) is 12.4. The molecule has 0 aliphatic rings. The van der Waals surface area contributed by atoms with Crippen LogP contribution in [0.5, 0.6) is 0 Å². The van der Waals surface area contributed by atoms with Gasteiger partial charge in [0.05, 0.1) is 0 Å². The van der Waals surface area contributed by atoms with Crippen molar-refractivity contribution in [2.24, 2.45) is 0 Å². The fourth-order valence-electron chi connectivity index (χ4n) is 2.40. The number of aryl methyl sites for hydroxylation is 1. The molecule has 0 radical (unpaired) electrons. The number of benzene rings is 2. The van der Waals surface area contributed by atoms with Crippen molar-refractivity contribution in [2.75, 3.05) is 10.6 Å². The zero-order valence-electron chi connectivity index (χ0n) is 15.1. The fourth-order valence-corrected chi connectivity index (χ4v) is 2.40. The average molecular weight is 350 g/mol. The second kappa shape index (κ2) is 8.76.